The van der Waals surface area contributed by atoms with Crippen molar-refractivity contribution >= 4 is 21.9 Å². The summed E-state index contributed by atoms with van der Waals surface area (Å²) in [6.45, 7) is 6.04. The first-order valence-corrected chi connectivity index (χ1v) is 18.5. The van der Waals surface area contributed by atoms with E-state index in [9.17, 15) is 18.1 Å². The largest absolute Gasteiger partial charge is 0.496 e. The predicted molar refractivity (Wildman–Crippen MR) is 188 cm³/mol. The second-order valence-electron chi connectivity index (χ2n) is 11.4. The molecule has 252 valence electrons. The van der Waals surface area contributed by atoms with Gasteiger partial charge >= 0.3 is 0 Å². The zero-order valence-corrected chi connectivity index (χ0v) is 29.1. The van der Waals surface area contributed by atoms with Gasteiger partial charge in [-0.25, -0.2) is 0 Å². The van der Waals surface area contributed by atoms with Gasteiger partial charge in [0.1, 0.15) is 22.5 Å². The molecule has 47 heavy (non-hydrogen) atoms. The molecule has 0 aliphatic carbocycles. The van der Waals surface area contributed by atoms with Crippen LogP contribution in [-0.4, -0.2) is 38.4 Å². The molecule has 2 N–H and O–H groups in total. The minimum Gasteiger partial charge on any atom is -0.496 e. The molecule has 0 amide bonds. The number of rotatable bonds is 19. The van der Waals surface area contributed by atoms with Gasteiger partial charge in [0.2, 0.25) is 0 Å². The lowest BCUT2D eigenvalue weighted by molar-refractivity contribution is 0.116. The van der Waals surface area contributed by atoms with Gasteiger partial charge in [0.05, 0.1) is 20.3 Å². The van der Waals surface area contributed by atoms with Crippen LogP contribution in [0.5, 0.6) is 11.5 Å². The van der Waals surface area contributed by atoms with Crippen molar-refractivity contribution in [3.8, 4) is 22.6 Å². The molecule has 0 radical (unpaired) electrons. The second kappa shape index (κ2) is 18.3. The van der Waals surface area contributed by atoms with Crippen LogP contribution in [0.4, 0.5) is 0 Å². The number of hydrogen-bond donors (Lipinski definition) is 2. The molecule has 9 heteroatoms. The minimum absolute atomic E-state index is 0.209. The number of methoxy groups -OCH3 is 1. The van der Waals surface area contributed by atoms with Gasteiger partial charge in [-0.2, -0.15) is 8.42 Å². The Bertz CT molecular complexity index is 1670. The van der Waals surface area contributed by atoms with Crippen LogP contribution in [0, 0.1) is 0 Å². The molecule has 4 aromatic carbocycles. The number of hydrogen-bond acceptors (Lipinski definition) is 7. The Hall–Kier alpha value is -3.34. The van der Waals surface area contributed by atoms with E-state index in [1.165, 1.54) is 37.1 Å². The van der Waals surface area contributed by atoms with Gasteiger partial charge in [-0.3, -0.25) is 4.55 Å². The molecular formula is C38H46O7S2. The first-order valence-electron chi connectivity index (χ1n) is 16.3. The zero-order valence-electron chi connectivity index (χ0n) is 27.5. The molecule has 0 aliphatic heterocycles. The minimum atomic E-state index is -4.57. The molecule has 1 atom stereocenters. The zero-order chi connectivity index (χ0) is 33.6. The Labute approximate surface area is 284 Å². The van der Waals surface area contributed by atoms with Crippen LogP contribution in [0.1, 0.15) is 81.6 Å². The van der Waals surface area contributed by atoms with Crippen molar-refractivity contribution in [2.24, 2.45) is 0 Å². The molecule has 0 saturated carbocycles. The summed E-state index contributed by atoms with van der Waals surface area (Å²) >= 11 is 1.24. The normalized spacial score (nSPS) is 12.2. The molecule has 4 rings (SSSR count). The number of benzene rings is 4. The van der Waals surface area contributed by atoms with Gasteiger partial charge in [0, 0.05) is 22.0 Å². The number of aliphatic hydroxyl groups excluding tert-OH is 1. The molecule has 0 aliphatic rings. The maximum Gasteiger partial charge on any atom is 0.295 e. The summed E-state index contributed by atoms with van der Waals surface area (Å²) in [5, 5.41) is 11.7. The van der Waals surface area contributed by atoms with Crippen molar-refractivity contribution in [1.82, 2.24) is 0 Å². The van der Waals surface area contributed by atoms with Gasteiger partial charge < -0.3 is 19.3 Å². The van der Waals surface area contributed by atoms with Crippen LogP contribution in [0.25, 0.3) is 11.1 Å². The first kappa shape index (κ1) is 36.5. The molecule has 0 fully saturated rings. The summed E-state index contributed by atoms with van der Waals surface area (Å²) in [4.78, 5) is 0.974. The average Bonchev–Trinajstić information content (AvgIpc) is 3.08. The van der Waals surface area contributed by atoms with Crippen molar-refractivity contribution in [2.75, 3.05) is 20.3 Å². The van der Waals surface area contributed by atoms with E-state index in [2.05, 4.69) is 13.8 Å². The summed E-state index contributed by atoms with van der Waals surface area (Å²) in [6, 6.07) is 25.3. The monoisotopic (exact) mass is 678 g/mol. The first-order chi connectivity index (χ1) is 22.7. The number of ether oxygens (including phenoxy) is 3. The Morgan fingerprint density at radius 2 is 1.53 bits per heavy atom. The van der Waals surface area contributed by atoms with E-state index in [-0.39, 0.29) is 4.90 Å². The fourth-order valence-corrected chi connectivity index (χ4v) is 7.14. The third-order valence-electron chi connectivity index (χ3n) is 7.86. The predicted octanol–water partition coefficient (Wildman–Crippen LogP) is 9.51. The maximum absolute atomic E-state index is 12.6. The van der Waals surface area contributed by atoms with E-state index in [1.807, 2.05) is 60.7 Å². The summed E-state index contributed by atoms with van der Waals surface area (Å²) in [6.07, 6.45) is 6.77. The van der Waals surface area contributed by atoms with E-state index in [4.69, 9.17) is 14.2 Å². The van der Waals surface area contributed by atoms with E-state index in [1.54, 1.807) is 25.3 Å². The lowest BCUT2D eigenvalue weighted by Crippen LogP contribution is -2.06. The third-order valence-corrected chi connectivity index (χ3v) is 9.96. The highest BCUT2D eigenvalue weighted by Crippen LogP contribution is 2.40. The highest BCUT2D eigenvalue weighted by molar-refractivity contribution is 8.00. The quantitative estimate of drug-likeness (QED) is 0.0747. The lowest BCUT2D eigenvalue weighted by Gasteiger charge is -2.20. The molecule has 0 aromatic heterocycles. The highest BCUT2D eigenvalue weighted by atomic mass is 32.2. The van der Waals surface area contributed by atoms with Gasteiger partial charge in [0.25, 0.3) is 10.1 Å². The molecule has 0 heterocycles. The summed E-state index contributed by atoms with van der Waals surface area (Å²) in [7, 11) is -3.01. The van der Waals surface area contributed by atoms with E-state index < -0.39 is 16.2 Å². The molecule has 0 spiro atoms. The van der Waals surface area contributed by atoms with Crippen LogP contribution in [0.3, 0.4) is 0 Å². The Morgan fingerprint density at radius 1 is 0.787 bits per heavy atom. The fourth-order valence-electron chi connectivity index (χ4n) is 5.28. The van der Waals surface area contributed by atoms with E-state index in [0.717, 1.165) is 41.9 Å². The molecule has 1 unspecified atom stereocenters. The lowest BCUT2D eigenvalue weighted by atomic mass is 9.91. The van der Waals surface area contributed by atoms with E-state index >= 15 is 0 Å². The molecule has 0 bridgehead atoms. The highest BCUT2D eigenvalue weighted by Gasteiger charge is 2.23. The van der Waals surface area contributed by atoms with Gasteiger partial charge in [-0.1, -0.05) is 94.1 Å². The van der Waals surface area contributed by atoms with Crippen LogP contribution in [-0.2, 0) is 21.5 Å². The Morgan fingerprint density at radius 3 is 2.26 bits per heavy atom. The van der Waals surface area contributed by atoms with E-state index in [0.29, 0.717) is 52.7 Å². The molecule has 4 aromatic rings. The topological polar surface area (TPSA) is 102 Å². The Kier molecular flexibility index (Phi) is 14.2. The van der Waals surface area contributed by atoms with Crippen molar-refractivity contribution in [2.45, 2.75) is 86.2 Å². The van der Waals surface area contributed by atoms with Gasteiger partial charge in [-0.15, -0.1) is 0 Å². The van der Waals surface area contributed by atoms with Crippen molar-refractivity contribution in [1.29, 1.82) is 0 Å². The number of unbranched alkanes of at least 4 members (excludes halogenated alkanes) is 5. The van der Waals surface area contributed by atoms with Crippen LogP contribution in [0.15, 0.2) is 99.6 Å². The van der Waals surface area contributed by atoms with Crippen LogP contribution < -0.4 is 9.47 Å². The van der Waals surface area contributed by atoms with Gasteiger partial charge in [-0.05, 0) is 83.6 Å². The summed E-state index contributed by atoms with van der Waals surface area (Å²) < 4.78 is 52.7. The van der Waals surface area contributed by atoms with Crippen molar-refractivity contribution in [3.05, 3.63) is 102 Å². The third kappa shape index (κ3) is 10.6. The fraction of sp³-hybridized carbons (Fsp3) is 0.368. The smallest absolute Gasteiger partial charge is 0.295 e. The van der Waals surface area contributed by atoms with Crippen LogP contribution in [0.2, 0.25) is 0 Å². The maximum atomic E-state index is 12.6. The standard InChI is InChI=1S/C38H46O7S2/c1-4-6-8-9-12-23-44-27-28-15-21-35(43-3)34(25-28)38(39)33-14-11-10-13-32(33)29-16-22-36(37(26-29)47(40,41)42)46-31-19-17-30(18-20-31)45-24-7-5-2/h10-11,13-22,25-26,38-39H,4-9,12,23-24,27H2,1-3H3,(H,40,41,42). The number of aliphatic hydroxyl groups is 1. The molecular weight excluding hydrogens is 633 g/mol. The molecule has 0 saturated heterocycles. The van der Waals surface area contributed by atoms with Crippen molar-refractivity contribution < 1.29 is 32.3 Å². The summed E-state index contributed by atoms with van der Waals surface area (Å²) in [5.41, 5.74) is 3.23. The van der Waals surface area contributed by atoms with Crippen molar-refractivity contribution in [3.63, 3.8) is 0 Å². The molecule has 7 nitrogen and oxygen atoms in total. The average molecular weight is 679 g/mol. The second-order valence-corrected chi connectivity index (χ2v) is 14.0. The van der Waals surface area contributed by atoms with Crippen LogP contribution >= 0.6 is 11.8 Å². The Balaban J connectivity index is 1.58. The SMILES string of the molecule is CCCCCCCOCc1ccc(OC)c(C(O)c2ccccc2-c2ccc(Sc3ccc(OCCCC)cc3)c(S(=O)(=O)O)c2)c1. The summed E-state index contributed by atoms with van der Waals surface area (Å²) in [5.74, 6) is 1.28. The van der Waals surface area contributed by atoms with Gasteiger partial charge in [0.15, 0.2) is 0 Å².